The summed E-state index contributed by atoms with van der Waals surface area (Å²) in [6, 6.07) is 6.45. The SMILES string of the molecule is COc1ccc(N2CC(C)(C)NCC2C)c(OC)c1. The molecule has 4 heteroatoms. The van der Waals surface area contributed by atoms with Gasteiger partial charge in [-0.2, -0.15) is 0 Å². The number of hydrogen-bond acceptors (Lipinski definition) is 4. The van der Waals surface area contributed by atoms with Crippen LogP contribution in [0, 0.1) is 0 Å². The Kier molecular flexibility index (Phi) is 3.90. The topological polar surface area (TPSA) is 33.7 Å². The maximum atomic E-state index is 5.52. The molecule has 19 heavy (non-hydrogen) atoms. The zero-order chi connectivity index (χ0) is 14.0. The third kappa shape index (κ3) is 2.95. The molecule has 4 nitrogen and oxygen atoms in total. The molecule has 2 rings (SSSR count). The second-order valence-corrected chi connectivity index (χ2v) is 5.78. The van der Waals surface area contributed by atoms with Gasteiger partial charge in [-0.1, -0.05) is 0 Å². The standard InChI is InChI=1S/C15H24N2O2/c1-11-9-16-15(2,3)10-17(11)13-7-6-12(18-4)8-14(13)19-5/h6-8,11,16H,9-10H2,1-5H3. The van der Waals surface area contributed by atoms with Crippen LogP contribution in [0.2, 0.25) is 0 Å². The predicted molar refractivity (Wildman–Crippen MR) is 78.4 cm³/mol. The highest BCUT2D eigenvalue weighted by atomic mass is 16.5. The van der Waals surface area contributed by atoms with Crippen molar-refractivity contribution in [2.75, 3.05) is 32.2 Å². The molecule has 1 aliphatic rings. The van der Waals surface area contributed by atoms with Crippen molar-refractivity contribution < 1.29 is 9.47 Å². The molecule has 0 radical (unpaired) electrons. The molecule has 1 heterocycles. The van der Waals surface area contributed by atoms with E-state index in [2.05, 4.69) is 37.1 Å². The molecule has 106 valence electrons. The Labute approximate surface area is 115 Å². The minimum atomic E-state index is 0.109. The van der Waals surface area contributed by atoms with Gasteiger partial charge in [0.05, 0.1) is 19.9 Å². The van der Waals surface area contributed by atoms with Crippen molar-refractivity contribution in [1.29, 1.82) is 0 Å². The van der Waals surface area contributed by atoms with Gasteiger partial charge in [0.15, 0.2) is 0 Å². The molecular formula is C15H24N2O2. The van der Waals surface area contributed by atoms with Gasteiger partial charge in [0.2, 0.25) is 0 Å². The van der Waals surface area contributed by atoms with E-state index in [1.165, 1.54) is 0 Å². The normalized spacial score (nSPS) is 22.2. The molecule has 0 amide bonds. The van der Waals surface area contributed by atoms with Crippen LogP contribution in [0.15, 0.2) is 18.2 Å². The Hall–Kier alpha value is -1.42. The zero-order valence-corrected chi connectivity index (χ0v) is 12.5. The van der Waals surface area contributed by atoms with Gasteiger partial charge in [-0.05, 0) is 32.9 Å². The van der Waals surface area contributed by atoms with Crippen molar-refractivity contribution in [1.82, 2.24) is 5.32 Å². The van der Waals surface area contributed by atoms with Gasteiger partial charge < -0.3 is 19.7 Å². The Bertz CT molecular complexity index is 446. The highest BCUT2D eigenvalue weighted by Crippen LogP contribution is 2.35. The number of methoxy groups -OCH3 is 2. The lowest BCUT2D eigenvalue weighted by molar-refractivity contribution is 0.314. The first kappa shape index (κ1) is 14.0. The van der Waals surface area contributed by atoms with Crippen molar-refractivity contribution in [3.63, 3.8) is 0 Å². The Morgan fingerprint density at radius 1 is 1.26 bits per heavy atom. The first-order chi connectivity index (χ1) is 8.96. The third-order valence-electron chi connectivity index (χ3n) is 3.67. The lowest BCUT2D eigenvalue weighted by atomic mass is 9.98. The van der Waals surface area contributed by atoms with Crippen LogP contribution in [-0.4, -0.2) is 38.9 Å². The van der Waals surface area contributed by atoms with Gasteiger partial charge in [0.25, 0.3) is 0 Å². The van der Waals surface area contributed by atoms with E-state index in [1.807, 2.05) is 12.1 Å². The minimum Gasteiger partial charge on any atom is -0.497 e. The summed E-state index contributed by atoms with van der Waals surface area (Å²) in [6.07, 6.45) is 0. The summed E-state index contributed by atoms with van der Waals surface area (Å²) in [5.74, 6) is 1.69. The molecule has 1 unspecified atom stereocenters. The summed E-state index contributed by atoms with van der Waals surface area (Å²) >= 11 is 0. The van der Waals surface area contributed by atoms with Gasteiger partial charge in [0, 0.05) is 30.7 Å². The number of piperazine rings is 1. The van der Waals surface area contributed by atoms with Gasteiger partial charge in [-0.3, -0.25) is 0 Å². The lowest BCUT2D eigenvalue weighted by Gasteiger charge is -2.45. The number of benzene rings is 1. The molecule has 0 aromatic heterocycles. The van der Waals surface area contributed by atoms with E-state index in [0.717, 1.165) is 30.3 Å². The van der Waals surface area contributed by atoms with Crippen molar-refractivity contribution in [2.45, 2.75) is 32.4 Å². The van der Waals surface area contributed by atoms with Gasteiger partial charge in [-0.15, -0.1) is 0 Å². The van der Waals surface area contributed by atoms with Crippen molar-refractivity contribution in [3.8, 4) is 11.5 Å². The van der Waals surface area contributed by atoms with Crippen LogP contribution in [0.3, 0.4) is 0 Å². The number of nitrogens with zero attached hydrogens (tertiary/aromatic N) is 1. The van der Waals surface area contributed by atoms with E-state index in [1.54, 1.807) is 14.2 Å². The molecule has 1 atom stereocenters. The maximum Gasteiger partial charge on any atom is 0.145 e. The highest BCUT2D eigenvalue weighted by Gasteiger charge is 2.31. The zero-order valence-electron chi connectivity index (χ0n) is 12.5. The molecule has 1 aromatic rings. The Morgan fingerprint density at radius 2 is 2.00 bits per heavy atom. The minimum absolute atomic E-state index is 0.109. The van der Waals surface area contributed by atoms with E-state index in [4.69, 9.17) is 9.47 Å². The molecule has 1 aliphatic heterocycles. The summed E-state index contributed by atoms with van der Waals surface area (Å²) in [5, 5.41) is 3.56. The molecule has 0 aliphatic carbocycles. The highest BCUT2D eigenvalue weighted by molar-refractivity contribution is 5.62. The molecular weight excluding hydrogens is 240 g/mol. The van der Waals surface area contributed by atoms with Crippen LogP contribution in [0.25, 0.3) is 0 Å². The molecule has 1 N–H and O–H groups in total. The van der Waals surface area contributed by atoms with Crippen LogP contribution in [-0.2, 0) is 0 Å². The average molecular weight is 264 g/mol. The van der Waals surface area contributed by atoms with E-state index in [9.17, 15) is 0 Å². The van der Waals surface area contributed by atoms with Gasteiger partial charge >= 0.3 is 0 Å². The number of ether oxygens (including phenoxy) is 2. The largest absolute Gasteiger partial charge is 0.497 e. The van der Waals surface area contributed by atoms with E-state index in [0.29, 0.717) is 6.04 Å². The maximum absolute atomic E-state index is 5.52. The van der Waals surface area contributed by atoms with Crippen LogP contribution in [0.5, 0.6) is 11.5 Å². The molecule has 0 spiro atoms. The van der Waals surface area contributed by atoms with Crippen LogP contribution in [0.1, 0.15) is 20.8 Å². The molecule has 1 saturated heterocycles. The summed E-state index contributed by atoms with van der Waals surface area (Å²) in [7, 11) is 3.38. The second-order valence-electron chi connectivity index (χ2n) is 5.78. The fourth-order valence-electron chi connectivity index (χ4n) is 2.52. The summed E-state index contributed by atoms with van der Waals surface area (Å²) < 4.78 is 10.8. The van der Waals surface area contributed by atoms with Crippen molar-refractivity contribution >= 4 is 5.69 Å². The summed E-state index contributed by atoms with van der Waals surface area (Å²) in [5.41, 5.74) is 1.24. The summed E-state index contributed by atoms with van der Waals surface area (Å²) in [4.78, 5) is 2.40. The van der Waals surface area contributed by atoms with Crippen LogP contribution >= 0.6 is 0 Å². The average Bonchev–Trinajstić information content (AvgIpc) is 2.41. The van der Waals surface area contributed by atoms with E-state index < -0.39 is 0 Å². The third-order valence-corrected chi connectivity index (χ3v) is 3.67. The monoisotopic (exact) mass is 264 g/mol. The molecule has 1 aromatic carbocycles. The number of rotatable bonds is 3. The van der Waals surface area contributed by atoms with Crippen molar-refractivity contribution in [3.05, 3.63) is 18.2 Å². The molecule has 1 fully saturated rings. The van der Waals surface area contributed by atoms with Crippen molar-refractivity contribution in [2.24, 2.45) is 0 Å². The fraction of sp³-hybridized carbons (Fsp3) is 0.600. The van der Waals surface area contributed by atoms with E-state index >= 15 is 0 Å². The fourth-order valence-corrected chi connectivity index (χ4v) is 2.52. The summed E-state index contributed by atoms with van der Waals surface area (Å²) in [6.45, 7) is 8.61. The first-order valence-electron chi connectivity index (χ1n) is 6.70. The van der Waals surface area contributed by atoms with Crippen LogP contribution in [0.4, 0.5) is 5.69 Å². The molecule has 0 bridgehead atoms. The van der Waals surface area contributed by atoms with Crippen LogP contribution < -0.4 is 19.7 Å². The smallest absolute Gasteiger partial charge is 0.145 e. The lowest BCUT2D eigenvalue weighted by Crippen LogP contribution is -2.61. The Balaban J connectivity index is 2.34. The van der Waals surface area contributed by atoms with Gasteiger partial charge in [0.1, 0.15) is 11.5 Å². The molecule has 0 saturated carbocycles. The van der Waals surface area contributed by atoms with E-state index in [-0.39, 0.29) is 5.54 Å². The number of anilines is 1. The second kappa shape index (κ2) is 5.29. The quantitative estimate of drug-likeness (QED) is 0.908. The predicted octanol–water partition coefficient (Wildman–Crippen LogP) is 2.28. The van der Waals surface area contributed by atoms with Gasteiger partial charge in [-0.25, -0.2) is 0 Å². The first-order valence-corrected chi connectivity index (χ1v) is 6.70. The Morgan fingerprint density at radius 3 is 2.63 bits per heavy atom. The number of nitrogens with one attached hydrogen (secondary N) is 1. The number of hydrogen-bond donors (Lipinski definition) is 1.